The van der Waals surface area contributed by atoms with Gasteiger partial charge in [-0.1, -0.05) is 6.07 Å². The highest BCUT2D eigenvalue weighted by Crippen LogP contribution is 2.42. The highest BCUT2D eigenvalue weighted by molar-refractivity contribution is 7.92. The predicted octanol–water partition coefficient (Wildman–Crippen LogP) is 3.59. The van der Waals surface area contributed by atoms with Crippen molar-refractivity contribution in [2.75, 3.05) is 13.7 Å². The minimum atomic E-state index is -4.63. The monoisotopic (exact) mass is 416 g/mol. The molecule has 1 aromatic carbocycles. The van der Waals surface area contributed by atoms with E-state index in [2.05, 4.69) is 9.97 Å². The Labute approximate surface area is 160 Å². The molecule has 152 valence electrons. The number of hydrogen-bond donors (Lipinski definition) is 0. The Morgan fingerprint density at radius 2 is 2.04 bits per heavy atom. The molecule has 28 heavy (non-hydrogen) atoms. The van der Waals surface area contributed by atoms with Crippen molar-refractivity contribution in [3.63, 3.8) is 0 Å². The van der Waals surface area contributed by atoms with Gasteiger partial charge in [0.1, 0.15) is 6.10 Å². The van der Waals surface area contributed by atoms with Gasteiger partial charge in [0.15, 0.2) is 15.7 Å². The van der Waals surface area contributed by atoms with Gasteiger partial charge in [-0.2, -0.15) is 18.2 Å². The van der Waals surface area contributed by atoms with E-state index in [0.29, 0.717) is 11.9 Å². The molecule has 0 saturated carbocycles. The second-order valence-corrected chi connectivity index (χ2v) is 9.21. The van der Waals surface area contributed by atoms with Gasteiger partial charge in [-0.25, -0.2) is 13.4 Å². The molecule has 10 heteroatoms. The maximum absolute atomic E-state index is 13.2. The number of ether oxygens (including phenoxy) is 2. The predicted molar refractivity (Wildman–Crippen MR) is 93.5 cm³/mol. The van der Waals surface area contributed by atoms with E-state index in [4.69, 9.17) is 9.47 Å². The molecule has 2 atom stereocenters. The summed E-state index contributed by atoms with van der Waals surface area (Å²) in [7, 11) is -2.63. The number of hydrogen-bond acceptors (Lipinski definition) is 6. The van der Waals surface area contributed by atoms with Crippen LogP contribution in [-0.4, -0.2) is 36.8 Å². The Balaban J connectivity index is 1.94. The number of aromatic nitrogens is 2. The third kappa shape index (κ3) is 3.83. The third-order valence-electron chi connectivity index (χ3n) is 4.83. The van der Waals surface area contributed by atoms with Gasteiger partial charge in [-0.3, -0.25) is 0 Å². The zero-order valence-electron chi connectivity index (χ0n) is 15.2. The SMILES string of the molecule is COc1ccnc(C2CC(C)(S(=O)(=O)c3cccc(C(F)(F)F)c3)CCO2)n1. The van der Waals surface area contributed by atoms with Crippen LogP contribution < -0.4 is 4.74 Å². The first-order valence-electron chi connectivity index (χ1n) is 8.47. The Morgan fingerprint density at radius 3 is 2.71 bits per heavy atom. The van der Waals surface area contributed by atoms with Crippen LogP contribution in [-0.2, 0) is 20.8 Å². The van der Waals surface area contributed by atoms with Crippen molar-refractivity contribution < 1.29 is 31.1 Å². The second kappa shape index (κ2) is 7.32. The van der Waals surface area contributed by atoms with Crippen LogP contribution >= 0.6 is 0 Å². The van der Waals surface area contributed by atoms with Crippen LogP contribution in [0.2, 0.25) is 0 Å². The van der Waals surface area contributed by atoms with Crippen molar-refractivity contribution in [2.24, 2.45) is 0 Å². The number of rotatable bonds is 4. The summed E-state index contributed by atoms with van der Waals surface area (Å²) in [6, 6.07) is 5.35. The molecule has 1 aliphatic heterocycles. The van der Waals surface area contributed by atoms with Crippen LogP contribution in [0, 0.1) is 0 Å². The van der Waals surface area contributed by atoms with E-state index in [1.807, 2.05) is 0 Å². The topological polar surface area (TPSA) is 78.4 Å². The molecule has 0 N–H and O–H groups in total. The summed E-state index contributed by atoms with van der Waals surface area (Å²) in [4.78, 5) is 7.93. The molecule has 0 bridgehead atoms. The van der Waals surface area contributed by atoms with Crippen molar-refractivity contribution in [1.29, 1.82) is 0 Å². The summed E-state index contributed by atoms with van der Waals surface area (Å²) in [5.74, 6) is 0.575. The van der Waals surface area contributed by atoms with Gasteiger partial charge >= 0.3 is 6.18 Å². The van der Waals surface area contributed by atoms with Gasteiger partial charge in [0.2, 0.25) is 5.88 Å². The van der Waals surface area contributed by atoms with Gasteiger partial charge in [-0.05, 0) is 31.5 Å². The number of benzene rings is 1. The van der Waals surface area contributed by atoms with E-state index < -0.39 is 32.4 Å². The second-order valence-electron chi connectivity index (χ2n) is 6.75. The van der Waals surface area contributed by atoms with Gasteiger partial charge in [0.05, 0.1) is 22.3 Å². The van der Waals surface area contributed by atoms with Crippen molar-refractivity contribution in [2.45, 2.75) is 41.7 Å². The van der Waals surface area contributed by atoms with Crippen molar-refractivity contribution in [1.82, 2.24) is 9.97 Å². The lowest BCUT2D eigenvalue weighted by Crippen LogP contribution is -2.42. The maximum atomic E-state index is 13.2. The number of halogens is 3. The fraction of sp³-hybridized carbons (Fsp3) is 0.444. The molecule has 0 aliphatic carbocycles. The molecular weight excluding hydrogens is 397 g/mol. The normalized spacial score (nSPS) is 23.4. The molecule has 0 radical (unpaired) electrons. The Kier molecular flexibility index (Phi) is 5.37. The molecule has 1 aliphatic rings. The smallest absolute Gasteiger partial charge is 0.416 e. The van der Waals surface area contributed by atoms with Gasteiger partial charge in [-0.15, -0.1) is 0 Å². The first-order chi connectivity index (χ1) is 13.1. The van der Waals surface area contributed by atoms with Crippen LogP contribution in [0.1, 0.15) is 37.3 Å². The molecule has 0 amide bonds. The third-order valence-corrected chi connectivity index (χ3v) is 7.38. The van der Waals surface area contributed by atoms with E-state index in [-0.39, 0.29) is 30.2 Å². The van der Waals surface area contributed by atoms with Gasteiger partial charge in [0.25, 0.3) is 0 Å². The number of alkyl halides is 3. The first-order valence-corrected chi connectivity index (χ1v) is 9.95. The zero-order chi connectivity index (χ0) is 20.6. The Morgan fingerprint density at radius 1 is 1.29 bits per heavy atom. The molecule has 1 fully saturated rings. The van der Waals surface area contributed by atoms with Crippen LogP contribution in [0.5, 0.6) is 5.88 Å². The van der Waals surface area contributed by atoms with E-state index in [1.54, 1.807) is 6.07 Å². The van der Waals surface area contributed by atoms with Crippen LogP contribution in [0.25, 0.3) is 0 Å². The molecule has 2 heterocycles. The van der Waals surface area contributed by atoms with E-state index >= 15 is 0 Å². The van der Waals surface area contributed by atoms with Gasteiger partial charge in [0, 0.05) is 25.3 Å². The molecular formula is C18H19F3N2O4S. The quantitative estimate of drug-likeness (QED) is 0.758. The molecule has 1 aromatic heterocycles. The molecule has 2 aromatic rings. The summed E-state index contributed by atoms with van der Waals surface area (Å²) >= 11 is 0. The first kappa shape index (κ1) is 20.5. The summed E-state index contributed by atoms with van der Waals surface area (Å²) in [5, 5.41) is 0. The van der Waals surface area contributed by atoms with E-state index in [1.165, 1.54) is 26.3 Å². The minimum absolute atomic E-state index is 0.0126. The molecule has 1 saturated heterocycles. The van der Waals surface area contributed by atoms with Crippen LogP contribution in [0.4, 0.5) is 13.2 Å². The lowest BCUT2D eigenvalue weighted by Gasteiger charge is -2.37. The lowest BCUT2D eigenvalue weighted by molar-refractivity contribution is -0.137. The fourth-order valence-corrected chi connectivity index (χ4v) is 4.96. The molecule has 6 nitrogen and oxygen atoms in total. The van der Waals surface area contributed by atoms with Crippen molar-refractivity contribution in [3.8, 4) is 5.88 Å². The highest BCUT2D eigenvalue weighted by Gasteiger charge is 2.46. The number of nitrogens with zero attached hydrogens (tertiary/aromatic N) is 2. The zero-order valence-corrected chi connectivity index (χ0v) is 16.0. The lowest BCUT2D eigenvalue weighted by atomic mass is 9.96. The Bertz CT molecular complexity index is 965. The summed E-state index contributed by atoms with van der Waals surface area (Å²) < 4.78 is 74.8. The Hall–Kier alpha value is -2.20. The van der Waals surface area contributed by atoms with E-state index in [0.717, 1.165) is 12.1 Å². The largest absolute Gasteiger partial charge is 0.481 e. The summed E-state index contributed by atoms with van der Waals surface area (Å²) in [5.41, 5.74) is -1.00. The van der Waals surface area contributed by atoms with Crippen LogP contribution in [0.15, 0.2) is 41.4 Å². The summed E-state index contributed by atoms with van der Waals surface area (Å²) in [6.45, 7) is 1.62. The molecule has 2 unspecified atom stereocenters. The number of sulfone groups is 1. The fourth-order valence-electron chi connectivity index (χ4n) is 3.13. The van der Waals surface area contributed by atoms with Crippen molar-refractivity contribution >= 4 is 9.84 Å². The number of methoxy groups -OCH3 is 1. The van der Waals surface area contributed by atoms with Gasteiger partial charge < -0.3 is 9.47 Å². The molecule has 0 spiro atoms. The van der Waals surface area contributed by atoms with Crippen LogP contribution in [0.3, 0.4) is 0 Å². The van der Waals surface area contributed by atoms with E-state index in [9.17, 15) is 21.6 Å². The highest BCUT2D eigenvalue weighted by atomic mass is 32.2. The maximum Gasteiger partial charge on any atom is 0.416 e. The van der Waals surface area contributed by atoms with Crippen molar-refractivity contribution in [3.05, 3.63) is 47.9 Å². The average molecular weight is 416 g/mol. The minimum Gasteiger partial charge on any atom is -0.481 e. The summed E-state index contributed by atoms with van der Waals surface area (Å²) in [6.07, 6.45) is -3.71. The molecule has 3 rings (SSSR count). The average Bonchev–Trinajstić information content (AvgIpc) is 2.67. The standard InChI is InChI=1S/C18H19F3N2O4S/c1-17(28(24,25)13-5-3-4-12(10-13)18(19,20)21)7-9-27-14(11-17)16-22-8-6-15(23-16)26-2/h3-6,8,10,14H,7,9,11H2,1-2H3.